The largest absolute Gasteiger partial charge is 0.416 e. The van der Waals surface area contributed by atoms with Gasteiger partial charge in [-0.25, -0.2) is 0 Å². The second-order valence-electron chi connectivity index (χ2n) is 7.61. The van der Waals surface area contributed by atoms with Crippen LogP contribution in [0.15, 0.2) is 48.5 Å². The van der Waals surface area contributed by atoms with Gasteiger partial charge in [-0.15, -0.1) is 0 Å². The number of halogens is 6. The lowest BCUT2D eigenvalue weighted by atomic mass is 9.62. The number of ether oxygens (including phenoxy) is 1. The number of hydrogen-bond acceptors (Lipinski definition) is 2. The van der Waals surface area contributed by atoms with E-state index in [9.17, 15) is 26.3 Å². The molecule has 1 fully saturated rings. The summed E-state index contributed by atoms with van der Waals surface area (Å²) in [5, 5.41) is 0. The van der Waals surface area contributed by atoms with Crippen LogP contribution in [-0.2, 0) is 22.5 Å². The molecule has 0 aliphatic heterocycles. The molecule has 158 valence electrons. The number of rotatable bonds is 5. The van der Waals surface area contributed by atoms with Crippen LogP contribution in [0.5, 0.6) is 0 Å². The van der Waals surface area contributed by atoms with Gasteiger partial charge >= 0.3 is 12.4 Å². The molecule has 29 heavy (non-hydrogen) atoms. The molecule has 8 heteroatoms. The van der Waals surface area contributed by atoms with Crippen molar-refractivity contribution < 1.29 is 31.1 Å². The fraction of sp³-hybridized carbons (Fsp3) is 0.429. The molecule has 2 nitrogen and oxygen atoms in total. The molecule has 0 bridgehead atoms. The highest BCUT2D eigenvalue weighted by Crippen LogP contribution is 2.44. The van der Waals surface area contributed by atoms with Crippen LogP contribution in [0.1, 0.15) is 48.1 Å². The summed E-state index contributed by atoms with van der Waals surface area (Å²) in [5.74, 6) is 0. The van der Waals surface area contributed by atoms with Crippen molar-refractivity contribution >= 4 is 0 Å². The molecular weight excluding hydrogens is 396 g/mol. The highest BCUT2D eigenvalue weighted by Gasteiger charge is 2.44. The van der Waals surface area contributed by atoms with E-state index < -0.39 is 29.6 Å². The molecule has 3 rings (SSSR count). The topological polar surface area (TPSA) is 35.2 Å². The van der Waals surface area contributed by atoms with Crippen LogP contribution >= 0.6 is 0 Å². The van der Waals surface area contributed by atoms with Crippen LogP contribution in [0.2, 0.25) is 0 Å². The molecule has 0 spiro atoms. The summed E-state index contributed by atoms with van der Waals surface area (Å²) in [4.78, 5) is 0. The van der Waals surface area contributed by atoms with Crippen molar-refractivity contribution in [2.24, 2.45) is 5.73 Å². The molecule has 2 aromatic rings. The first-order chi connectivity index (χ1) is 13.4. The first-order valence-corrected chi connectivity index (χ1v) is 9.13. The SMILES string of the molecule is C[C@@H](OCC1(c2ccccc2)CC(N)C1)c1cc(C(F)(F)F)cc(C(F)(F)F)c1. The minimum absolute atomic E-state index is 0.0144. The second-order valence-corrected chi connectivity index (χ2v) is 7.61. The van der Waals surface area contributed by atoms with Crippen molar-refractivity contribution in [3.63, 3.8) is 0 Å². The van der Waals surface area contributed by atoms with E-state index in [0.29, 0.717) is 25.0 Å². The van der Waals surface area contributed by atoms with Crippen molar-refractivity contribution in [1.29, 1.82) is 0 Å². The van der Waals surface area contributed by atoms with Crippen LogP contribution in [0, 0.1) is 0 Å². The maximum Gasteiger partial charge on any atom is 0.416 e. The first kappa shape index (κ1) is 21.6. The number of hydrogen-bond donors (Lipinski definition) is 1. The molecule has 0 amide bonds. The average Bonchev–Trinajstić information content (AvgIpc) is 2.63. The third kappa shape index (κ3) is 4.75. The number of alkyl halides is 6. The fourth-order valence-corrected chi connectivity index (χ4v) is 3.77. The lowest BCUT2D eigenvalue weighted by Crippen LogP contribution is -2.52. The van der Waals surface area contributed by atoms with Crippen LogP contribution in [0.4, 0.5) is 26.3 Å². The predicted octanol–water partition coefficient (Wildman–Crippen LogP) is 5.86. The smallest absolute Gasteiger partial charge is 0.373 e. The van der Waals surface area contributed by atoms with Gasteiger partial charge in [0.1, 0.15) is 0 Å². The summed E-state index contributed by atoms with van der Waals surface area (Å²) < 4.78 is 84.3. The Bertz CT molecular complexity index is 808. The maximum atomic E-state index is 13.1. The lowest BCUT2D eigenvalue weighted by Gasteiger charge is -2.47. The molecule has 1 saturated carbocycles. The summed E-state index contributed by atoms with van der Waals surface area (Å²) in [6, 6.07) is 11.0. The van der Waals surface area contributed by atoms with Crippen molar-refractivity contribution in [3.8, 4) is 0 Å². The van der Waals surface area contributed by atoms with Gasteiger partial charge in [-0.05, 0) is 49.1 Å². The van der Waals surface area contributed by atoms with Gasteiger partial charge in [0, 0.05) is 11.5 Å². The minimum atomic E-state index is -4.89. The van der Waals surface area contributed by atoms with Gasteiger partial charge < -0.3 is 10.5 Å². The Morgan fingerprint density at radius 2 is 1.48 bits per heavy atom. The highest BCUT2D eigenvalue weighted by molar-refractivity contribution is 5.35. The van der Waals surface area contributed by atoms with Gasteiger partial charge in [-0.2, -0.15) is 26.3 Å². The van der Waals surface area contributed by atoms with Gasteiger partial charge in [-0.3, -0.25) is 0 Å². The number of nitrogens with two attached hydrogens (primary N) is 1. The van der Waals surface area contributed by atoms with Gasteiger partial charge in [-0.1, -0.05) is 30.3 Å². The van der Waals surface area contributed by atoms with E-state index in [1.165, 1.54) is 6.92 Å². The van der Waals surface area contributed by atoms with E-state index in [4.69, 9.17) is 10.5 Å². The van der Waals surface area contributed by atoms with E-state index in [-0.39, 0.29) is 29.7 Å². The molecule has 1 aliphatic carbocycles. The fourth-order valence-electron chi connectivity index (χ4n) is 3.77. The van der Waals surface area contributed by atoms with Crippen LogP contribution < -0.4 is 5.73 Å². The van der Waals surface area contributed by atoms with Gasteiger partial charge in [0.25, 0.3) is 0 Å². The van der Waals surface area contributed by atoms with Crippen LogP contribution in [0.25, 0.3) is 0 Å². The van der Waals surface area contributed by atoms with Crippen LogP contribution in [0.3, 0.4) is 0 Å². The normalized spacial score (nSPS) is 23.5. The van der Waals surface area contributed by atoms with Crippen molar-refractivity contribution in [2.75, 3.05) is 6.61 Å². The van der Waals surface area contributed by atoms with Gasteiger partial charge in [0.2, 0.25) is 0 Å². The zero-order valence-corrected chi connectivity index (χ0v) is 15.6. The van der Waals surface area contributed by atoms with Crippen molar-refractivity contribution in [3.05, 3.63) is 70.8 Å². The third-order valence-corrected chi connectivity index (χ3v) is 5.38. The monoisotopic (exact) mass is 417 g/mol. The summed E-state index contributed by atoms with van der Waals surface area (Å²) >= 11 is 0. The molecule has 0 aromatic heterocycles. The standard InChI is InChI=1S/C21H21F6NO/c1-13(14-7-16(20(22,23)24)9-17(8-14)21(25,26)27)29-12-19(10-18(28)11-19)15-5-3-2-4-6-15/h2-9,13,18H,10-12,28H2,1H3/t13-,18?,19?/m1/s1. The highest BCUT2D eigenvalue weighted by atomic mass is 19.4. The van der Waals surface area contributed by atoms with E-state index in [2.05, 4.69) is 0 Å². The molecule has 0 radical (unpaired) electrons. The van der Waals surface area contributed by atoms with Crippen LogP contribution in [-0.4, -0.2) is 12.6 Å². The third-order valence-electron chi connectivity index (χ3n) is 5.38. The van der Waals surface area contributed by atoms with E-state index >= 15 is 0 Å². The predicted molar refractivity (Wildman–Crippen MR) is 96.1 cm³/mol. The summed E-state index contributed by atoms with van der Waals surface area (Å²) in [7, 11) is 0. The lowest BCUT2D eigenvalue weighted by molar-refractivity contribution is -0.143. The Hall–Kier alpha value is -2.06. The first-order valence-electron chi connectivity index (χ1n) is 9.13. The minimum Gasteiger partial charge on any atom is -0.373 e. The van der Waals surface area contributed by atoms with Crippen molar-refractivity contribution in [2.45, 2.75) is 49.7 Å². The van der Waals surface area contributed by atoms with Gasteiger partial charge in [0.05, 0.1) is 23.8 Å². The average molecular weight is 417 g/mol. The molecule has 2 N–H and O–H groups in total. The quantitative estimate of drug-likeness (QED) is 0.619. The maximum absolute atomic E-state index is 13.1. The van der Waals surface area contributed by atoms with E-state index in [1.54, 1.807) is 0 Å². The molecule has 1 atom stereocenters. The second kappa shape index (κ2) is 7.65. The van der Waals surface area contributed by atoms with Crippen molar-refractivity contribution in [1.82, 2.24) is 0 Å². The Kier molecular flexibility index (Phi) is 5.71. The van der Waals surface area contributed by atoms with E-state index in [0.717, 1.165) is 5.56 Å². The summed E-state index contributed by atoms with van der Waals surface area (Å²) in [6.45, 7) is 1.61. The van der Waals surface area contributed by atoms with E-state index in [1.807, 2.05) is 30.3 Å². The Balaban J connectivity index is 1.84. The molecule has 2 aromatic carbocycles. The molecule has 0 saturated heterocycles. The Morgan fingerprint density at radius 1 is 0.966 bits per heavy atom. The summed E-state index contributed by atoms with van der Waals surface area (Å²) in [6.07, 6.45) is -9.44. The molecule has 1 aliphatic rings. The zero-order chi connectivity index (χ0) is 21.4. The summed E-state index contributed by atoms with van der Waals surface area (Å²) in [5.41, 5.74) is 3.69. The molecular formula is C21H21F6NO. The molecule has 0 unspecified atom stereocenters. The zero-order valence-electron chi connectivity index (χ0n) is 15.6. The molecule has 0 heterocycles. The van der Waals surface area contributed by atoms with Gasteiger partial charge in [0.15, 0.2) is 0 Å². The number of benzene rings is 2. The Labute approximate surface area is 164 Å². The Morgan fingerprint density at radius 3 is 1.93 bits per heavy atom.